The van der Waals surface area contributed by atoms with Crippen LogP contribution in [0.25, 0.3) is 0 Å². The topological polar surface area (TPSA) is 66.5 Å². The molecule has 1 aliphatic heterocycles. The molecule has 118 valence electrons. The second kappa shape index (κ2) is 7.41. The number of sulfone groups is 1. The molecule has 5 nitrogen and oxygen atoms in total. The smallest absolute Gasteiger partial charge is 0.241 e. The Morgan fingerprint density at radius 2 is 1.90 bits per heavy atom. The zero-order valence-electron chi connectivity index (χ0n) is 13.1. The van der Waals surface area contributed by atoms with Gasteiger partial charge in [0.1, 0.15) is 9.84 Å². The van der Waals surface area contributed by atoms with E-state index in [1.807, 2.05) is 6.92 Å². The predicted octanol–water partition coefficient (Wildman–Crippen LogP) is 1.54. The van der Waals surface area contributed by atoms with Crippen LogP contribution in [0.4, 0.5) is 0 Å². The minimum atomic E-state index is -3.08. The van der Waals surface area contributed by atoms with Crippen LogP contribution < -0.4 is 5.32 Å². The van der Waals surface area contributed by atoms with Crippen molar-refractivity contribution < 1.29 is 13.2 Å². The first kappa shape index (κ1) is 17.4. The minimum Gasteiger partial charge on any atom is -0.322 e. The van der Waals surface area contributed by atoms with Crippen molar-refractivity contribution in [3.8, 4) is 0 Å². The Hall–Kier alpha value is -0.620. The third kappa shape index (κ3) is 4.74. The summed E-state index contributed by atoms with van der Waals surface area (Å²) in [5, 5.41) is 3.37. The van der Waals surface area contributed by atoms with Crippen molar-refractivity contribution >= 4 is 15.7 Å². The highest BCUT2D eigenvalue weighted by Gasteiger charge is 2.40. The van der Waals surface area contributed by atoms with Crippen molar-refractivity contribution in [1.82, 2.24) is 10.2 Å². The van der Waals surface area contributed by atoms with Crippen LogP contribution in [0.2, 0.25) is 0 Å². The molecule has 1 N–H and O–H groups in total. The molecule has 3 unspecified atom stereocenters. The van der Waals surface area contributed by atoms with Gasteiger partial charge in [0, 0.05) is 12.3 Å². The van der Waals surface area contributed by atoms with Crippen LogP contribution in [0.1, 0.15) is 52.9 Å². The van der Waals surface area contributed by atoms with Gasteiger partial charge in [0.15, 0.2) is 0 Å². The van der Waals surface area contributed by atoms with Gasteiger partial charge in [-0.15, -0.1) is 0 Å². The molecular weight excluding hydrogens is 276 g/mol. The molecule has 0 aromatic carbocycles. The van der Waals surface area contributed by atoms with Gasteiger partial charge >= 0.3 is 0 Å². The summed E-state index contributed by atoms with van der Waals surface area (Å²) in [7, 11) is -3.08. The van der Waals surface area contributed by atoms with Crippen LogP contribution in [0.3, 0.4) is 0 Å². The van der Waals surface area contributed by atoms with E-state index in [-0.39, 0.29) is 29.9 Å². The summed E-state index contributed by atoms with van der Waals surface area (Å²) in [6, 6.07) is -0.415. The summed E-state index contributed by atoms with van der Waals surface area (Å²) in [5.41, 5.74) is 0. The van der Waals surface area contributed by atoms with Gasteiger partial charge in [0.25, 0.3) is 0 Å². The van der Waals surface area contributed by atoms with Crippen molar-refractivity contribution in [2.45, 2.75) is 71.1 Å². The number of unbranched alkanes of at least 4 members (excludes halogenated alkanes) is 1. The fraction of sp³-hybridized carbons (Fsp3) is 0.929. The zero-order chi connectivity index (χ0) is 15.3. The van der Waals surface area contributed by atoms with Gasteiger partial charge < -0.3 is 4.90 Å². The molecule has 1 rings (SSSR count). The van der Waals surface area contributed by atoms with Gasteiger partial charge in [-0.25, -0.2) is 8.42 Å². The number of carbonyl (C=O) groups is 1. The number of nitrogens with zero attached hydrogens (tertiary/aromatic N) is 1. The van der Waals surface area contributed by atoms with Crippen LogP contribution in [0.15, 0.2) is 0 Å². The van der Waals surface area contributed by atoms with E-state index in [9.17, 15) is 13.2 Å². The maximum Gasteiger partial charge on any atom is 0.241 e. The molecule has 0 spiro atoms. The molecule has 3 atom stereocenters. The first-order valence-corrected chi connectivity index (χ1v) is 9.62. The summed E-state index contributed by atoms with van der Waals surface area (Å²) < 4.78 is 22.9. The van der Waals surface area contributed by atoms with Crippen molar-refractivity contribution in [2.24, 2.45) is 0 Å². The lowest BCUT2D eigenvalue weighted by Gasteiger charge is -2.29. The van der Waals surface area contributed by atoms with Crippen LogP contribution in [0, 0.1) is 0 Å². The molecule has 1 saturated heterocycles. The van der Waals surface area contributed by atoms with Crippen LogP contribution in [-0.4, -0.2) is 49.5 Å². The van der Waals surface area contributed by atoms with Crippen molar-refractivity contribution in [2.75, 3.05) is 12.0 Å². The number of nitrogens with one attached hydrogen (secondary N) is 1. The molecule has 20 heavy (non-hydrogen) atoms. The fourth-order valence-electron chi connectivity index (χ4n) is 2.87. The van der Waals surface area contributed by atoms with Crippen molar-refractivity contribution in [3.05, 3.63) is 0 Å². The van der Waals surface area contributed by atoms with E-state index in [2.05, 4.69) is 19.2 Å². The molecular formula is C14H28N2O3S. The largest absolute Gasteiger partial charge is 0.322 e. The Kier molecular flexibility index (Phi) is 6.45. The van der Waals surface area contributed by atoms with Gasteiger partial charge in [-0.2, -0.15) is 0 Å². The highest BCUT2D eigenvalue weighted by molar-refractivity contribution is 7.90. The predicted molar refractivity (Wildman–Crippen MR) is 81.2 cm³/mol. The highest BCUT2D eigenvalue weighted by Crippen LogP contribution is 2.22. The van der Waals surface area contributed by atoms with E-state index in [1.54, 1.807) is 4.90 Å². The molecule has 0 aromatic rings. The molecule has 1 heterocycles. The number of carbonyl (C=O) groups excluding carboxylic acids is 1. The van der Waals surface area contributed by atoms with Crippen molar-refractivity contribution in [3.63, 3.8) is 0 Å². The average Bonchev–Trinajstić information content (AvgIpc) is 2.61. The minimum absolute atomic E-state index is 0.0221. The molecule has 1 amide bonds. The third-order valence-electron chi connectivity index (χ3n) is 3.71. The van der Waals surface area contributed by atoms with Gasteiger partial charge in [-0.3, -0.25) is 10.1 Å². The quantitative estimate of drug-likeness (QED) is 0.738. The summed E-state index contributed by atoms with van der Waals surface area (Å²) in [6.45, 7) is 6.00. The average molecular weight is 304 g/mol. The molecule has 0 aliphatic carbocycles. The molecule has 0 radical (unpaired) electrons. The lowest BCUT2D eigenvalue weighted by Crippen LogP contribution is -2.46. The second-order valence-electron chi connectivity index (χ2n) is 5.85. The van der Waals surface area contributed by atoms with E-state index < -0.39 is 9.84 Å². The van der Waals surface area contributed by atoms with Crippen LogP contribution >= 0.6 is 0 Å². The van der Waals surface area contributed by atoms with E-state index in [0.29, 0.717) is 0 Å². The molecule has 0 bridgehead atoms. The molecule has 6 heteroatoms. The monoisotopic (exact) mass is 304 g/mol. The number of hydrogen-bond acceptors (Lipinski definition) is 4. The third-order valence-corrected chi connectivity index (χ3v) is 4.80. The van der Waals surface area contributed by atoms with Gasteiger partial charge in [-0.05, 0) is 19.8 Å². The zero-order valence-corrected chi connectivity index (χ0v) is 13.9. The summed E-state index contributed by atoms with van der Waals surface area (Å²) >= 11 is 0. The van der Waals surface area contributed by atoms with Crippen LogP contribution in [0.5, 0.6) is 0 Å². The van der Waals surface area contributed by atoms with Crippen LogP contribution in [-0.2, 0) is 14.6 Å². The maximum absolute atomic E-state index is 12.5. The SMILES string of the molecule is CCCCC1NC(CCC)N(C(C)CS(C)(=O)=O)C1=O. The molecule has 0 saturated carbocycles. The lowest BCUT2D eigenvalue weighted by molar-refractivity contribution is -0.131. The number of hydrogen-bond donors (Lipinski definition) is 1. The normalized spacial score (nSPS) is 25.2. The standard InChI is InChI=1S/C14H28N2O3S/c1-5-7-9-12-14(17)16(13(15-12)8-6-2)11(3)10-20(4,18)19/h11-13,15H,5-10H2,1-4H3. The summed E-state index contributed by atoms with van der Waals surface area (Å²) in [4.78, 5) is 14.2. The number of amides is 1. The van der Waals surface area contributed by atoms with E-state index in [4.69, 9.17) is 0 Å². The molecule has 1 fully saturated rings. The maximum atomic E-state index is 12.5. The van der Waals surface area contributed by atoms with Gasteiger partial charge in [-0.1, -0.05) is 33.1 Å². The fourth-order valence-corrected chi connectivity index (χ4v) is 3.91. The Bertz CT molecular complexity index is 422. The molecule has 0 aromatic heterocycles. The number of rotatable bonds is 8. The Morgan fingerprint density at radius 1 is 1.25 bits per heavy atom. The van der Waals surface area contributed by atoms with Gasteiger partial charge in [0.05, 0.1) is 18.0 Å². The summed E-state index contributed by atoms with van der Waals surface area (Å²) in [6.07, 6.45) is 5.93. The Morgan fingerprint density at radius 3 is 2.40 bits per heavy atom. The Balaban J connectivity index is 2.80. The first-order valence-electron chi connectivity index (χ1n) is 7.56. The second-order valence-corrected chi connectivity index (χ2v) is 8.04. The molecule has 1 aliphatic rings. The lowest BCUT2D eigenvalue weighted by atomic mass is 10.1. The Labute approximate surface area is 123 Å². The van der Waals surface area contributed by atoms with Gasteiger partial charge in [0.2, 0.25) is 5.91 Å². The van der Waals surface area contributed by atoms with E-state index in [1.165, 1.54) is 6.26 Å². The van der Waals surface area contributed by atoms with E-state index >= 15 is 0 Å². The van der Waals surface area contributed by atoms with Crippen molar-refractivity contribution in [1.29, 1.82) is 0 Å². The first-order chi connectivity index (χ1) is 9.30. The highest BCUT2D eigenvalue weighted by atomic mass is 32.2. The summed E-state index contributed by atoms with van der Waals surface area (Å²) in [5.74, 6) is 0.0919. The van der Waals surface area contributed by atoms with E-state index in [0.717, 1.165) is 32.1 Å².